The van der Waals surface area contributed by atoms with Crippen molar-refractivity contribution in [2.75, 3.05) is 16.9 Å². The molecule has 1 N–H and O–H groups in total. The Labute approximate surface area is 173 Å². The van der Waals surface area contributed by atoms with Crippen molar-refractivity contribution in [3.63, 3.8) is 0 Å². The first kappa shape index (κ1) is 20.0. The number of sulfonamides is 1. The topological polar surface area (TPSA) is 71.8 Å². The van der Waals surface area contributed by atoms with E-state index in [1.807, 2.05) is 0 Å². The van der Waals surface area contributed by atoms with Gasteiger partial charge >= 0.3 is 0 Å². The Bertz CT molecular complexity index is 1130. The van der Waals surface area contributed by atoms with E-state index in [4.69, 9.17) is 20.9 Å². The van der Waals surface area contributed by atoms with E-state index in [2.05, 4.69) is 5.32 Å². The van der Waals surface area contributed by atoms with Crippen LogP contribution in [0.3, 0.4) is 0 Å². The molecule has 154 valence electrons. The molecule has 2 heterocycles. The van der Waals surface area contributed by atoms with Crippen LogP contribution in [0.5, 0.6) is 5.75 Å². The molecule has 29 heavy (non-hydrogen) atoms. The molecule has 0 saturated carbocycles. The highest BCUT2D eigenvalue weighted by molar-refractivity contribution is 7.94. The van der Waals surface area contributed by atoms with Crippen LogP contribution in [0.25, 0.3) is 11.0 Å². The first-order valence-electron chi connectivity index (χ1n) is 9.17. The molecule has 1 aliphatic heterocycles. The highest BCUT2D eigenvalue weighted by Gasteiger charge is 2.29. The van der Waals surface area contributed by atoms with Gasteiger partial charge in [0.05, 0.1) is 16.8 Å². The summed E-state index contributed by atoms with van der Waals surface area (Å²) in [6, 6.07) is 11.2. The molecule has 1 fully saturated rings. The number of ether oxygens (including phenoxy) is 1. The number of nitrogens with one attached hydrogen (secondary N) is 1. The Morgan fingerprint density at radius 1 is 1.28 bits per heavy atom. The summed E-state index contributed by atoms with van der Waals surface area (Å²) in [5, 5.41) is 3.57. The minimum atomic E-state index is -4.00. The number of rotatable bonds is 5. The van der Waals surface area contributed by atoms with Gasteiger partial charge < -0.3 is 14.5 Å². The molecule has 2 atom stereocenters. The molecule has 0 spiro atoms. The van der Waals surface area contributed by atoms with Crippen molar-refractivity contribution in [3.8, 4) is 5.75 Å². The van der Waals surface area contributed by atoms with Crippen molar-refractivity contribution < 1.29 is 22.0 Å². The SMILES string of the molecule is Cc1cccc(S(=O)(=O)N(Cl)c2cc(O[C@@H]3CCNC[C@H]3F)c3occc3c2)c1. The van der Waals surface area contributed by atoms with E-state index >= 15 is 0 Å². The number of aryl methyl sites for hydroxylation is 1. The van der Waals surface area contributed by atoms with Gasteiger partial charge in [0.25, 0.3) is 10.0 Å². The molecule has 0 amide bonds. The molecule has 0 radical (unpaired) electrons. The lowest BCUT2D eigenvalue weighted by Gasteiger charge is -2.27. The lowest BCUT2D eigenvalue weighted by Crippen LogP contribution is -2.44. The van der Waals surface area contributed by atoms with Gasteiger partial charge in [0.1, 0.15) is 12.3 Å². The van der Waals surface area contributed by atoms with Gasteiger partial charge in [-0.3, -0.25) is 0 Å². The second-order valence-corrected chi connectivity index (χ2v) is 9.31. The van der Waals surface area contributed by atoms with Crippen molar-refractivity contribution >= 4 is 38.5 Å². The van der Waals surface area contributed by atoms with Gasteiger partial charge in [0, 0.05) is 29.8 Å². The van der Waals surface area contributed by atoms with Crippen LogP contribution < -0.4 is 13.9 Å². The van der Waals surface area contributed by atoms with Crippen molar-refractivity contribution in [1.29, 1.82) is 0 Å². The minimum Gasteiger partial charge on any atom is -0.483 e. The number of fused-ring (bicyclic) bond motifs is 1. The highest BCUT2D eigenvalue weighted by atomic mass is 35.5. The summed E-state index contributed by atoms with van der Waals surface area (Å²) in [5.74, 6) is 0.252. The monoisotopic (exact) mass is 438 g/mol. The third-order valence-corrected chi connectivity index (χ3v) is 7.05. The van der Waals surface area contributed by atoms with E-state index in [1.165, 1.54) is 18.4 Å². The number of hydrogen-bond donors (Lipinski definition) is 1. The molecular formula is C20H20ClFN2O4S. The Balaban J connectivity index is 1.72. The Morgan fingerprint density at radius 2 is 2.10 bits per heavy atom. The number of hydrogen-bond acceptors (Lipinski definition) is 5. The summed E-state index contributed by atoms with van der Waals surface area (Å²) in [5.41, 5.74) is 1.39. The fraction of sp³-hybridized carbons (Fsp3) is 0.300. The molecule has 9 heteroatoms. The second kappa shape index (κ2) is 7.85. The fourth-order valence-electron chi connectivity index (χ4n) is 3.32. The molecule has 4 rings (SSSR count). The van der Waals surface area contributed by atoms with Gasteiger partial charge in [-0.15, -0.1) is 0 Å². The van der Waals surface area contributed by atoms with Crippen molar-refractivity contribution in [1.82, 2.24) is 5.32 Å². The number of piperidine rings is 1. The number of halogens is 2. The zero-order valence-electron chi connectivity index (χ0n) is 15.6. The van der Waals surface area contributed by atoms with Gasteiger partial charge in [-0.2, -0.15) is 12.2 Å². The van der Waals surface area contributed by atoms with E-state index in [1.54, 1.807) is 37.3 Å². The van der Waals surface area contributed by atoms with E-state index in [-0.39, 0.29) is 22.9 Å². The standard InChI is InChI=1S/C20H20ClFN2O4S/c1-13-3-2-4-16(9-13)29(25,26)24(21)15-10-14-6-8-27-20(14)19(11-15)28-18-5-7-23-12-17(18)22/h2-4,6,8-11,17-18,23H,5,7,12H2,1H3/t17-,18-/m1/s1. The van der Waals surface area contributed by atoms with Gasteiger partial charge in [-0.05, 0) is 49.7 Å². The molecule has 0 unspecified atom stereocenters. The smallest absolute Gasteiger partial charge is 0.278 e. The Kier molecular flexibility index (Phi) is 5.42. The molecule has 1 saturated heterocycles. The predicted molar refractivity (Wildman–Crippen MR) is 110 cm³/mol. The van der Waals surface area contributed by atoms with Crippen LogP contribution in [0.4, 0.5) is 10.1 Å². The summed E-state index contributed by atoms with van der Waals surface area (Å²) < 4.78 is 52.2. The lowest BCUT2D eigenvalue weighted by atomic mass is 10.1. The maximum atomic E-state index is 14.2. The van der Waals surface area contributed by atoms with Crippen LogP contribution in [0.1, 0.15) is 12.0 Å². The average Bonchev–Trinajstić information content (AvgIpc) is 3.18. The maximum absolute atomic E-state index is 14.2. The van der Waals surface area contributed by atoms with Crippen molar-refractivity contribution in [2.24, 2.45) is 0 Å². The molecule has 1 aliphatic rings. The first-order chi connectivity index (χ1) is 13.9. The molecule has 3 aromatic rings. The van der Waals surface area contributed by atoms with Crippen LogP contribution in [0.2, 0.25) is 0 Å². The summed E-state index contributed by atoms with van der Waals surface area (Å²) in [6.07, 6.45) is 0.113. The lowest BCUT2D eigenvalue weighted by molar-refractivity contribution is 0.0736. The Hall–Kier alpha value is -2.29. The molecule has 2 aromatic carbocycles. The molecule has 6 nitrogen and oxygen atoms in total. The number of anilines is 1. The number of benzene rings is 2. The summed E-state index contributed by atoms with van der Waals surface area (Å²) in [7, 11) is -4.00. The third-order valence-electron chi connectivity index (χ3n) is 4.83. The van der Waals surface area contributed by atoms with Crippen LogP contribution in [-0.2, 0) is 10.0 Å². The van der Waals surface area contributed by atoms with Gasteiger partial charge in [-0.1, -0.05) is 12.1 Å². The van der Waals surface area contributed by atoms with Gasteiger partial charge in [0.15, 0.2) is 11.3 Å². The first-order valence-corrected chi connectivity index (χ1v) is 10.9. The maximum Gasteiger partial charge on any atom is 0.278 e. The molecule has 0 aliphatic carbocycles. The highest BCUT2D eigenvalue weighted by Crippen LogP contribution is 2.37. The number of alkyl halides is 1. The number of furan rings is 1. The summed E-state index contributed by atoms with van der Waals surface area (Å²) in [4.78, 5) is 0.0736. The Morgan fingerprint density at radius 3 is 2.86 bits per heavy atom. The van der Waals surface area contributed by atoms with Crippen LogP contribution in [-0.4, -0.2) is 33.8 Å². The number of nitrogens with zero attached hydrogens (tertiary/aromatic N) is 1. The van der Waals surface area contributed by atoms with Crippen LogP contribution in [0, 0.1) is 6.92 Å². The summed E-state index contributed by atoms with van der Waals surface area (Å²) >= 11 is 6.27. The van der Waals surface area contributed by atoms with Crippen LogP contribution in [0.15, 0.2) is 58.0 Å². The zero-order valence-corrected chi connectivity index (χ0v) is 17.2. The molecule has 1 aromatic heterocycles. The third kappa shape index (κ3) is 3.92. The van der Waals surface area contributed by atoms with E-state index in [0.717, 1.165) is 5.56 Å². The summed E-state index contributed by atoms with van der Waals surface area (Å²) in [6.45, 7) is 2.64. The van der Waals surface area contributed by atoms with Gasteiger partial charge in [-0.25, -0.2) is 4.39 Å². The fourth-order valence-corrected chi connectivity index (χ4v) is 4.81. The van der Waals surface area contributed by atoms with Crippen LogP contribution >= 0.6 is 11.8 Å². The van der Waals surface area contributed by atoms with Gasteiger partial charge in [0.2, 0.25) is 0 Å². The van der Waals surface area contributed by atoms with Crippen molar-refractivity contribution in [2.45, 2.75) is 30.5 Å². The second-order valence-electron chi connectivity index (χ2n) is 6.98. The zero-order chi connectivity index (χ0) is 20.6. The van der Waals surface area contributed by atoms with E-state index in [0.29, 0.717) is 27.8 Å². The minimum absolute atomic E-state index is 0.0736. The van der Waals surface area contributed by atoms with E-state index < -0.39 is 22.3 Å². The van der Waals surface area contributed by atoms with E-state index in [9.17, 15) is 12.8 Å². The molecule has 0 bridgehead atoms. The predicted octanol–water partition coefficient (Wildman–Crippen LogP) is 4.17. The normalized spacial score (nSPS) is 20.0. The van der Waals surface area contributed by atoms with Crippen molar-refractivity contribution in [3.05, 3.63) is 54.3 Å². The largest absolute Gasteiger partial charge is 0.483 e. The quantitative estimate of drug-likeness (QED) is 0.605. The average molecular weight is 439 g/mol. The molecular weight excluding hydrogens is 419 g/mol.